The van der Waals surface area contributed by atoms with Crippen LogP contribution >= 0.6 is 22.9 Å². The van der Waals surface area contributed by atoms with E-state index in [-0.39, 0.29) is 31.8 Å². The number of nitrogens with one attached hydrogen (secondary N) is 1. The Morgan fingerprint density at radius 1 is 1.23 bits per heavy atom. The van der Waals surface area contributed by atoms with Crippen LogP contribution in [0.4, 0.5) is 13.9 Å². The van der Waals surface area contributed by atoms with Gasteiger partial charge in [-0.2, -0.15) is 4.31 Å². The third-order valence-electron chi connectivity index (χ3n) is 5.22. The Morgan fingerprint density at radius 3 is 2.65 bits per heavy atom. The number of aryl methyl sites for hydroxylation is 1. The van der Waals surface area contributed by atoms with Crippen molar-refractivity contribution in [1.82, 2.24) is 9.29 Å². The summed E-state index contributed by atoms with van der Waals surface area (Å²) >= 11 is 7.38. The number of nitrogens with zero attached hydrogens (tertiary/aromatic N) is 2. The molecule has 0 saturated carbocycles. The monoisotopic (exact) mass is 485 g/mol. The summed E-state index contributed by atoms with van der Waals surface area (Å²) in [5, 5.41) is 3.84. The van der Waals surface area contributed by atoms with Crippen LogP contribution in [0.3, 0.4) is 0 Å². The second kappa shape index (κ2) is 8.42. The zero-order chi connectivity index (χ0) is 22.3. The van der Waals surface area contributed by atoms with Gasteiger partial charge in [-0.25, -0.2) is 22.2 Å². The fourth-order valence-electron chi connectivity index (χ4n) is 3.59. The fourth-order valence-corrected chi connectivity index (χ4v) is 6.46. The van der Waals surface area contributed by atoms with Crippen molar-refractivity contribution in [3.63, 3.8) is 0 Å². The maximum Gasteiger partial charge on any atom is 0.246 e. The smallest absolute Gasteiger partial charge is 0.246 e. The second-order valence-corrected chi connectivity index (χ2v) is 10.7. The summed E-state index contributed by atoms with van der Waals surface area (Å²) in [6, 6.07) is 5.90. The standard InChI is InChI=1S/C20H18ClF2N3O3S2/c1-11-8-13(21)9-16-18(11)24-20(30-16)25-19(27)12-4-6-26(7-5-12)31(28,29)17-10-14(22)2-3-15(17)23/h2-3,8-10,12H,4-7H2,1H3,(H,24,25,27). The number of sulfonamides is 1. The van der Waals surface area contributed by atoms with E-state index in [2.05, 4.69) is 10.3 Å². The van der Waals surface area contributed by atoms with Gasteiger partial charge in [0.05, 0.1) is 10.2 Å². The molecular weight excluding hydrogens is 468 g/mol. The van der Waals surface area contributed by atoms with Crippen LogP contribution in [0.5, 0.6) is 0 Å². The topological polar surface area (TPSA) is 79.4 Å². The van der Waals surface area contributed by atoms with Crippen molar-refractivity contribution in [3.05, 3.63) is 52.6 Å². The average molecular weight is 486 g/mol. The van der Waals surface area contributed by atoms with Crippen molar-refractivity contribution >= 4 is 54.2 Å². The molecule has 1 aliphatic heterocycles. The summed E-state index contributed by atoms with van der Waals surface area (Å²) in [6.45, 7) is 1.95. The number of carbonyl (C=O) groups is 1. The molecule has 1 aliphatic rings. The molecule has 164 valence electrons. The van der Waals surface area contributed by atoms with Gasteiger partial charge in [0.1, 0.15) is 16.5 Å². The zero-order valence-corrected chi connectivity index (χ0v) is 18.8. The Balaban J connectivity index is 1.43. The summed E-state index contributed by atoms with van der Waals surface area (Å²) in [5.74, 6) is -2.51. The number of aromatic nitrogens is 1. The van der Waals surface area contributed by atoms with Gasteiger partial charge >= 0.3 is 0 Å². The zero-order valence-electron chi connectivity index (χ0n) is 16.4. The maximum absolute atomic E-state index is 14.0. The number of piperidine rings is 1. The third kappa shape index (κ3) is 4.43. The molecule has 1 saturated heterocycles. The van der Waals surface area contributed by atoms with E-state index in [4.69, 9.17) is 11.6 Å². The van der Waals surface area contributed by atoms with E-state index in [0.29, 0.717) is 16.2 Å². The van der Waals surface area contributed by atoms with E-state index in [1.807, 2.05) is 6.92 Å². The van der Waals surface area contributed by atoms with Gasteiger partial charge in [-0.1, -0.05) is 22.9 Å². The lowest BCUT2D eigenvalue weighted by atomic mass is 9.97. The third-order valence-corrected chi connectivity index (χ3v) is 8.27. The number of carbonyl (C=O) groups excluding carboxylic acids is 1. The summed E-state index contributed by atoms with van der Waals surface area (Å²) in [4.78, 5) is 16.4. The summed E-state index contributed by atoms with van der Waals surface area (Å²) in [6.07, 6.45) is 0.523. The van der Waals surface area contributed by atoms with Gasteiger partial charge in [-0.15, -0.1) is 0 Å². The molecule has 0 atom stereocenters. The molecule has 1 aromatic heterocycles. The van der Waals surface area contributed by atoms with Gasteiger partial charge in [0.2, 0.25) is 15.9 Å². The highest BCUT2D eigenvalue weighted by molar-refractivity contribution is 7.89. The van der Waals surface area contributed by atoms with Crippen LogP contribution in [0, 0.1) is 24.5 Å². The van der Waals surface area contributed by atoms with Gasteiger partial charge in [-0.3, -0.25) is 4.79 Å². The predicted molar refractivity (Wildman–Crippen MR) is 116 cm³/mol. The Labute approximate surface area is 186 Å². The van der Waals surface area contributed by atoms with Crippen molar-refractivity contribution in [2.75, 3.05) is 18.4 Å². The highest BCUT2D eigenvalue weighted by Crippen LogP contribution is 2.32. The molecule has 1 fully saturated rings. The number of fused-ring (bicyclic) bond motifs is 1. The van der Waals surface area contributed by atoms with Crippen LogP contribution < -0.4 is 5.32 Å². The van der Waals surface area contributed by atoms with Crippen LogP contribution in [0.2, 0.25) is 5.02 Å². The van der Waals surface area contributed by atoms with Crippen molar-refractivity contribution in [3.8, 4) is 0 Å². The maximum atomic E-state index is 14.0. The molecule has 2 heterocycles. The van der Waals surface area contributed by atoms with Crippen LogP contribution in [-0.4, -0.2) is 36.7 Å². The molecule has 4 rings (SSSR count). The molecule has 31 heavy (non-hydrogen) atoms. The minimum absolute atomic E-state index is 0.0327. The molecule has 11 heteroatoms. The molecule has 3 aromatic rings. The summed E-state index contributed by atoms with van der Waals surface area (Å²) in [5.41, 5.74) is 1.67. The number of thiazole rings is 1. The molecule has 0 bridgehead atoms. The van der Waals surface area contributed by atoms with Gasteiger partial charge in [0.25, 0.3) is 0 Å². The Bertz CT molecular complexity index is 1270. The second-order valence-electron chi connectivity index (χ2n) is 7.33. The number of rotatable bonds is 4. The van der Waals surface area contributed by atoms with Gasteiger partial charge in [0, 0.05) is 24.0 Å². The molecule has 2 aromatic carbocycles. The van der Waals surface area contributed by atoms with Crippen LogP contribution in [0.15, 0.2) is 35.2 Å². The predicted octanol–water partition coefficient (Wildman–Crippen LogP) is 4.58. The number of amides is 1. The van der Waals surface area contributed by atoms with Crippen LogP contribution in [0.25, 0.3) is 10.2 Å². The Kier molecular flexibility index (Phi) is 5.99. The first kappa shape index (κ1) is 22.1. The lowest BCUT2D eigenvalue weighted by Crippen LogP contribution is -2.41. The number of hydrogen-bond donors (Lipinski definition) is 1. The highest BCUT2D eigenvalue weighted by atomic mass is 35.5. The molecule has 0 unspecified atom stereocenters. The van der Waals surface area contributed by atoms with Crippen LogP contribution in [-0.2, 0) is 14.8 Å². The lowest BCUT2D eigenvalue weighted by Gasteiger charge is -2.30. The van der Waals surface area contributed by atoms with Crippen molar-refractivity contribution in [1.29, 1.82) is 0 Å². The first-order chi connectivity index (χ1) is 14.6. The SMILES string of the molecule is Cc1cc(Cl)cc2sc(NC(=O)C3CCN(S(=O)(=O)c4cc(F)ccc4F)CC3)nc12. The molecule has 0 spiro atoms. The number of halogens is 3. The highest BCUT2D eigenvalue weighted by Gasteiger charge is 2.34. The van der Waals surface area contributed by atoms with E-state index in [0.717, 1.165) is 32.2 Å². The first-order valence-electron chi connectivity index (χ1n) is 9.48. The quantitative estimate of drug-likeness (QED) is 0.587. The average Bonchev–Trinajstić information content (AvgIpc) is 3.12. The molecule has 1 N–H and O–H groups in total. The van der Waals surface area contributed by atoms with Crippen molar-refractivity contribution in [2.24, 2.45) is 5.92 Å². The molecule has 6 nitrogen and oxygen atoms in total. The van der Waals surface area contributed by atoms with E-state index >= 15 is 0 Å². The van der Waals surface area contributed by atoms with E-state index in [1.54, 1.807) is 12.1 Å². The fraction of sp³-hybridized carbons (Fsp3) is 0.300. The van der Waals surface area contributed by atoms with Gasteiger partial charge in [-0.05, 0) is 55.7 Å². The lowest BCUT2D eigenvalue weighted by molar-refractivity contribution is -0.120. The molecule has 0 aliphatic carbocycles. The normalized spacial score (nSPS) is 16.0. The number of benzene rings is 2. The minimum Gasteiger partial charge on any atom is -0.302 e. The Morgan fingerprint density at radius 2 is 1.94 bits per heavy atom. The number of anilines is 1. The molecule has 0 radical (unpaired) electrons. The Hall–Kier alpha value is -2.14. The summed E-state index contributed by atoms with van der Waals surface area (Å²) in [7, 11) is -4.19. The van der Waals surface area contributed by atoms with E-state index in [9.17, 15) is 22.0 Å². The van der Waals surface area contributed by atoms with E-state index < -0.39 is 32.5 Å². The van der Waals surface area contributed by atoms with Crippen LogP contribution in [0.1, 0.15) is 18.4 Å². The summed E-state index contributed by atoms with van der Waals surface area (Å²) < 4.78 is 54.7. The first-order valence-corrected chi connectivity index (χ1v) is 12.1. The number of hydrogen-bond acceptors (Lipinski definition) is 5. The van der Waals surface area contributed by atoms with E-state index in [1.165, 1.54) is 11.3 Å². The van der Waals surface area contributed by atoms with Crippen molar-refractivity contribution < 1.29 is 22.0 Å². The van der Waals surface area contributed by atoms with Crippen molar-refractivity contribution in [2.45, 2.75) is 24.7 Å². The minimum atomic E-state index is -4.19. The molecular formula is C20H18ClF2N3O3S2. The van der Waals surface area contributed by atoms with Gasteiger partial charge < -0.3 is 5.32 Å². The largest absolute Gasteiger partial charge is 0.302 e. The van der Waals surface area contributed by atoms with Gasteiger partial charge in [0.15, 0.2) is 5.13 Å². The molecule has 1 amide bonds.